The number of carbonyl (C=O) groups is 1. The van der Waals surface area contributed by atoms with E-state index >= 15 is 0 Å². The second-order valence-electron chi connectivity index (χ2n) is 4.85. The molecule has 1 aromatic carbocycles. The lowest BCUT2D eigenvalue weighted by molar-refractivity contribution is -0.118. The highest BCUT2D eigenvalue weighted by molar-refractivity contribution is 7.99. The van der Waals surface area contributed by atoms with Crippen molar-refractivity contribution in [3.8, 4) is 0 Å². The number of nitrogens with one attached hydrogen (secondary N) is 1. The van der Waals surface area contributed by atoms with Crippen LogP contribution in [0.3, 0.4) is 0 Å². The maximum atomic E-state index is 11.8. The van der Waals surface area contributed by atoms with E-state index in [9.17, 15) is 4.79 Å². The number of benzene rings is 1. The number of thioether (sulfide) groups is 1. The first-order valence-electron chi connectivity index (χ1n) is 6.56. The summed E-state index contributed by atoms with van der Waals surface area (Å²) in [6.07, 6.45) is 1.62. The Hall–Kier alpha value is -2.02. The quantitative estimate of drug-likeness (QED) is 0.815. The lowest BCUT2D eigenvalue weighted by Gasteiger charge is -2.12. The van der Waals surface area contributed by atoms with E-state index in [1.807, 2.05) is 50.3 Å². The number of nitrogens with zero attached hydrogens (tertiary/aromatic N) is 4. The third kappa shape index (κ3) is 4.49. The molecule has 0 unspecified atom stereocenters. The van der Waals surface area contributed by atoms with Crippen LogP contribution in [0, 0.1) is 0 Å². The van der Waals surface area contributed by atoms with Crippen molar-refractivity contribution < 1.29 is 4.79 Å². The van der Waals surface area contributed by atoms with Crippen molar-refractivity contribution >= 4 is 23.4 Å². The molecule has 1 aromatic heterocycles. The van der Waals surface area contributed by atoms with E-state index in [0.717, 1.165) is 16.4 Å². The van der Waals surface area contributed by atoms with E-state index in [2.05, 4.69) is 15.5 Å². The molecule has 0 aliphatic rings. The van der Waals surface area contributed by atoms with Crippen molar-refractivity contribution in [2.45, 2.75) is 11.7 Å². The average molecular weight is 305 g/mol. The SMILES string of the molecule is CN(C)c1ccc(CNC(=O)CSc2nncn2C)cc1. The van der Waals surface area contributed by atoms with Crippen molar-refractivity contribution in [3.63, 3.8) is 0 Å². The molecule has 6 nitrogen and oxygen atoms in total. The van der Waals surface area contributed by atoms with Crippen molar-refractivity contribution in [1.82, 2.24) is 20.1 Å². The molecule has 1 N–H and O–H groups in total. The molecule has 7 heteroatoms. The van der Waals surface area contributed by atoms with Gasteiger partial charge in [0.2, 0.25) is 5.91 Å². The fourth-order valence-corrected chi connectivity index (χ4v) is 2.41. The highest BCUT2D eigenvalue weighted by Gasteiger charge is 2.06. The first-order chi connectivity index (χ1) is 10.1. The van der Waals surface area contributed by atoms with Crippen molar-refractivity contribution in [2.75, 3.05) is 24.7 Å². The van der Waals surface area contributed by atoms with Crippen LogP contribution in [0.25, 0.3) is 0 Å². The molecule has 0 saturated heterocycles. The van der Waals surface area contributed by atoms with Crippen LogP contribution in [0.15, 0.2) is 35.7 Å². The van der Waals surface area contributed by atoms with Gasteiger partial charge in [0.25, 0.3) is 0 Å². The number of carbonyl (C=O) groups excluding carboxylic acids is 1. The van der Waals surface area contributed by atoms with Gasteiger partial charge in [0.1, 0.15) is 6.33 Å². The Morgan fingerprint density at radius 2 is 2.05 bits per heavy atom. The number of aryl methyl sites for hydroxylation is 1. The standard InChI is InChI=1S/C14H19N5OS/c1-18(2)12-6-4-11(5-7-12)8-15-13(20)9-21-14-17-16-10-19(14)3/h4-7,10H,8-9H2,1-3H3,(H,15,20). The lowest BCUT2D eigenvalue weighted by atomic mass is 10.2. The third-order valence-electron chi connectivity index (χ3n) is 2.94. The summed E-state index contributed by atoms with van der Waals surface area (Å²) in [6.45, 7) is 0.534. The first-order valence-corrected chi connectivity index (χ1v) is 7.54. The Bertz CT molecular complexity index is 594. The minimum absolute atomic E-state index is 0.0142. The van der Waals surface area contributed by atoms with E-state index in [4.69, 9.17) is 0 Å². The third-order valence-corrected chi connectivity index (χ3v) is 3.98. The van der Waals surface area contributed by atoms with Crippen LogP contribution in [-0.4, -0.2) is 40.5 Å². The van der Waals surface area contributed by atoms with Gasteiger partial charge >= 0.3 is 0 Å². The van der Waals surface area contributed by atoms with Crippen molar-refractivity contribution in [1.29, 1.82) is 0 Å². The van der Waals surface area contributed by atoms with E-state index in [0.29, 0.717) is 12.3 Å². The van der Waals surface area contributed by atoms with Crippen molar-refractivity contribution in [3.05, 3.63) is 36.2 Å². The van der Waals surface area contributed by atoms with Gasteiger partial charge in [0.15, 0.2) is 5.16 Å². The highest BCUT2D eigenvalue weighted by Crippen LogP contribution is 2.13. The summed E-state index contributed by atoms with van der Waals surface area (Å²) in [6, 6.07) is 8.11. The van der Waals surface area contributed by atoms with Crippen LogP contribution < -0.4 is 10.2 Å². The van der Waals surface area contributed by atoms with Gasteiger partial charge in [-0.25, -0.2) is 0 Å². The molecule has 0 fully saturated rings. The lowest BCUT2D eigenvalue weighted by Crippen LogP contribution is -2.24. The predicted molar refractivity (Wildman–Crippen MR) is 84.3 cm³/mol. The van der Waals surface area contributed by atoms with Gasteiger partial charge in [-0.3, -0.25) is 4.79 Å². The molecule has 0 atom stereocenters. The molecule has 0 radical (unpaired) electrons. The maximum absolute atomic E-state index is 11.8. The Labute approximate surface area is 128 Å². The number of anilines is 1. The molecule has 2 aromatic rings. The van der Waals surface area contributed by atoms with Crippen LogP contribution in [-0.2, 0) is 18.4 Å². The topological polar surface area (TPSA) is 63.1 Å². The molecular weight excluding hydrogens is 286 g/mol. The van der Waals surface area contributed by atoms with Gasteiger partial charge in [-0.15, -0.1) is 10.2 Å². The Morgan fingerprint density at radius 1 is 1.33 bits per heavy atom. The normalized spacial score (nSPS) is 10.4. The molecule has 0 saturated carbocycles. The molecule has 1 heterocycles. The number of amides is 1. The summed E-state index contributed by atoms with van der Waals surface area (Å²) in [5, 5.41) is 11.3. The van der Waals surface area contributed by atoms with Gasteiger partial charge in [-0.2, -0.15) is 0 Å². The van der Waals surface area contributed by atoms with E-state index in [1.54, 1.807) is 10.9 Å². The summed E-state index contributed by atoms with van der Waals surface area (Å²) in [5.74, 6) is 0.321. The minimum atomic E-state index is -0.0142. The summed E-state index contributed by atoms with van der Waals surface area (Å²) >= 11 is 1.37. The number of hydrogen-bond acceptors (Lipinski definition) is 5. The van der Waals surface area contributed by atoms with Crippen LogP contribution in [0.4, 0.5) is 5.69 Å². The van der Waals surface area contributed by atoms with E-state index in [-0.39, 0.29) is 5.91 Å². The predicted octanol–water partition coefficient (Wildman–Crippen LogP) is 1.29. The van der Waals surface area contributed by atoms with Gasteiger partial charge in [0, 0.05) is 33.4 Å². The molecule has 0 aliphatic carbocycles. The number of aromatic nitrogens is 3. The van der Waals surface area contributed by atoms with E-state index in [1.165, 1.54) is 11.8 Å². The van der Waals surface area contributed by atoms with Gasteiger partial charge in [0.05, 0.1) is 5.75 Å². The second kappa shape index (κ2) is 7.12. The average Bonchev–Trinajstić information content (AvgIpc) is 2.88. The Balaban J connectivity index is 1.77. The Kier molecular flexibility index (Phi) is 5.21. The highest BCUT2D eigenvalue weighted by atomic mass is 32.2. The van der Waals surface area contributed by atoms with Crippen LogP contribution in [0.5, 0.6) is 0 Å². The summed E-state index contributed by atoms with van der Waals surface area (Å²) < 4.78 is 1.79. The van der Waals surface area contributed by atoms with Gasteiger partial charge in [-0.1, -0.05) is 23.9 Å². The summed E-state index contributed by atoms with van der Waals surface area (Å²) in [4.78, 5) is 13.8. The molecule has 2 rings (SSSR count). The summed E-state index contributed by atoms with van der Waals surface area (Å²) in [7, 11) is 5.85. The molecule has 0 aliphatic heterocycles. The Morgan fingerprint density at radius 3 is 2.62 bits per heavy atom. The van der Waals surface area contributed by atoms with Crippen molar-refractivity contribution in [2.24, 2.45) is 7.05 Å². The fraction of sp³-hybridized carbons (Fsp3) is 0.357. The molecule has 0 bridgehead atoms. The first kappa shape index (κ1) is 15.4. The van der Waals surface area contributed by atoms with Gasteiger partial charge in [-0.05, 0) is 17.7 Å². The molecule has 0 spiro atoms. The maximum Gasteiger partial charge on any atom is 0.230 e. The molecular formula is C14H19N5OS. The molecule has 1 amide bonds. The number of rotatable bonds is 6. The van der Waals surface area contributed by atoms with Crippen LogP contribution in [0.2, 0.25) is 0 Å². The van der Waals surface area contributed by atoms with E-state index < -0.39 is 0 Å². The molecule has 112 valence electrons. The minimum Gasteiger partial charge on any atom is -0.378 e. The fourth-order valence-electron chi connectivity index (χ4n) is 1.70. The van der Waals surface area contributed by atoms with Crippen LogP contribution in [0.1, 0.15) is 5.56 Å². The summed E-state index contributed by atoms with van der Waals surface area (Å²) in [5.41, 5.74) is 2.22. The zero-order valence-electron chi connectivity index (χ0n) is 12.4. The largest absolute Gasteiger partial charge is 0.378 e. The number of hydrogen-bond donors (Lipinski definition) is 1. The van der Waals surface area contributed by atoms with Gasteiger partial charge < -0.3 is 14.8 Å². The molecule has 21 heavy (non-hydrogen) atoms. The monoisotopic (exact) mass is 305 g/mol. The second-order valence-corrected chi connectivity index (χ2v) is 5.79. The van der Waals surface area contributed by atoms with Crippen LogP contribution >= 0.6 is 11.8 Å². The zero-order chi connectivity index (χ0) is 15.2. The smallest absolute Gasteiger partial charge is 0.230 e. The zero-order valence-corrected chi connectivity index (χ0v) is 13.2.